The van der Waals surface area contributed by atoms with Crippen molar-refractivity contribution in [1.29, 1.82) is 0 Å². The molecule has 1 heterocycles. The number of pyridine rings is 1. The van der Waals surface area contributed by atoms with Crippen molar-refractivity contribution in [3.63, 3.8) is 0 Å². The molecule has 0 amide bonds. The highest BCUT2D eigenvalue weighted by atomic mass is 16.5. The molecule has 0 aliphatic carbocycles. The lowest BCUT2D eigenvalue weighted by atomic mass is 10.0. The second-order valence-electron chi connectivity index (χ2n) is 5.00. The van der Waals surface area contributed by atoms with Crippen molar-refractivity contribution in [2.45, 2.75) is 33.1 Å². The smallest absolute Gasteiger partial charge is 0.306 e. The number of rotatable bonds is 6. The SMILES string of the molecule is CCOC(=O)CCC(=O)Cc1ccc2nc(C)ccc2c1. The molecule has 0 radical (unpaired) electrons. The van der Waals surface area contributed by atoms with E-state index in [0.29, 0.717) is 13.0 Å². The Balaban J connectivity index is 1.98. The van der Waals surface area contributed by atoms with Crippen LogP contribution in [-0.2, 0) is 20.7 Å². The molecule has 0 saturated carbocycles. The van der Waals surface area contributed by atoms with Gasteiger partial charge >= 0.3 is 5.97 Å². The Morgan fingerprint density at radius 1 is 1.14 bits per heavy atom. The third-order valence-electron chi connectivity index (χ3n) is 3.21. The fraction of sp³-hybridized carbons (Fsp3) is 0.353. The molecule has 0 N–H and O–H groups in total. The van der Waals surface area contributed by atoms with Gasteiger partial charge < -0.3 is 4.74 Å². The third kappa shape index (κ3) is 4.38. The highest BCUT2D eigenvalue weighted by Gasteiger charge is 2.09. The van der Waals surface area contributed by atoms with Crippen molar-refractivity contribution < 1.29 is 14.3 Å². The predicted molar refractivity (Wildman–Crippen MR) is 81.1 cm³/mol. The number of ketones is 1. The number of esters is 1. The molecule has 2 rings (SSSR count). The highest BCUT2D eigenvalue weighted by Crippen LogP contribution is 2.16. The zero-order chi connectivity index (χ0) is 15.2. The van der Waals surface area contributed by atoms with Gasteiger partial charge in [0.2, 0.25) is 0 Å². The number of carbonyl (C=O) groups excluding carboxylic acids is 2. The maximum atomic E-state index is 11.9. The van der Waals surface area contributed by atoms with Crippen LogP contribution in [0.3, 0.4) is 0 Å². The summed E-state index contributed by atoms with van der Waals surface area (Å²) in [6.45, 7) is 4.06. The number of hydrogen-bond donors (Lipinski definition) is 0. The standard InChI is InChI=1S/C17H19NO3/c1-3-21-17(20)9-7-15(19)11-13-5-8-16-14(10-13)6-4-12(2)18-16/h4-6,8,10H,3,7,9,11H2,1-2H3. The van der Waals surface area contributed by atoms with Gasteiger partial charge in [-0.25, -0.2) is 0 Å². The Morgan fingerprint density at radius 2 is 1.95 bits per heavy atom. The fourth-order valence-corrected chi connectivity index (χ4v) is 2.18. The van der Waals surface area contributed by atoms with Gasteiger partial charge in [0.25, 0.3) is 0 Å². The molecule has 0 aliphatic heterocycles. The monoisotopic (exact) mass is 285 g/mol. The molecule has 0 unspecified atom stereocenters. The number of fused-ring (bicyclic) bond motifs is 1. The quantitative estimate of drug-likeness (QED) is 0.766. The molecule has 0 fully saturated rings. The van der Waals surface area contributed by atoms with Crippen LogP contribution >= 0.6 is 0 Å². The molecule has 1 aromatic carbocycles. The first-order chi connectivity index (χ1) is 10.1. The average molecular weight is 285 g/mol. The molecule has 0 spiro atoms. The van der Waals surface area contributed by atoms with Gasteiger partial charge in [-0.3, -0.25) is 14.6 Å². The van der Waals surface area contributed by atoms with E-state index in [1.807, 2.05) is 37.3 Å². The van der Waals surface area contributed by atoms with Gasteiger partial charge in [0, 0.05) is 23.9 Å². The van der Waals surface area contributed by atoms with E-state index in [4.69, 9.17) is 4.74 Å². The van der Waals surface area contributed by atoms with Crippen molar-refractivity contribution in [3.05, 3.63) is 41.6 Å². The van der Waals surface area contributed by atoms with E-state index in [9.17, 15) is 9.59 Å². The normalized spacial score (nSPS) is 10.6. The Hall–Kier alpha value is -2.23. The summed E-state index contributed by atoms with van der Waals surface area (Å²) in [4.78, 5) is 27.5. The zero-order valence-corrected chi connectivity index (χ0v) is 12.4. The summed E-state index contributed by atoms with van der Waals surface area (Å²) in [5.41, 5.74) is 2.85. The Morgan fingerprint density at radius 3 is 2.71 bits per heavy atom. The van der Waals surface area contributed by atoms with E-state index in [2.05, 4.69) is 4.98 Å². The van der Waals surface area contributed by atoms with Crippen LogP contribution in [0, 0.1) is 6.92 Å². The lowest BCUT2D eigenvalue weighted by Crippen LogP contribution is -2.09. The van der Waals surface area contributed by atoms with E-state index >= 15 is 0 Å². The van der Waals surface area contributed by atoms with E-state index in [-0.39, 0.29) is 24.6 Å². The van der Waals surface area contributed by atoms with Crippen molar-refractivity contribution in [2.75, 3.05) is 6.61 Å². The maximum Gasteiger partial charge on any atom is 0.306 e. The van der Waals surface area contributed by atoms with Crippen LogP contribution in [0.1, 0.15) is 31.0 Å². The molecule has 1 aromatic heterocycles. The van der Waals surface area contributed by atoms with Crippen LogP contribution in [0.15, 0.2) is 30.3 Å². The minimum absolute atomic E-state index is 0.0440. The maximum absolute atomic E-state index is 11.9. The Labute approximate surface area is 124 Å². The molecule has 2 aromatic rings. The molecule has 4 heteroatoms. The molecule has 0 atom stereocenters. The van der Waals surface area contributed by atoms with Crippen molar-refractivity contribution >= 4 is 22.7 Å². The summed E-state index contributed by atoms with van der Waals surface area (Å²) in [6.07, 6.45) is 0.716. The molecule has 0 aliphatic rings. The van der Waals surface area contributed by atoms with Crippen molar-refractivity contribution in [3.8, 4) is 0 Å². The minimum atomic E-state index is -0.316. The third-order valence-corrected chi connectivity index (χ3v) is 3.21. The zero-order valence-electron chi connectivity index (χ0n) is 12.4. The molecule has 0 bridgehead atoms. The predicted octanol–water partition coefficient (Wildman–Crippen LogP) is 3.00. The van der Waals surface area contributed by atoms with E-state index < -0.39 is 0 Å². The summed E-state index contributed by atoms with van der Waals surface area (Å²) in [5, 5.41) is 1.02. The van der Waals surface area contributed by atoms with Gasteiger partial charge in [-0.05, 0) is 37.6 Å². The second-order valence-corrected chi connectivity index (χ2v) is 5.00. The van der Waals surface area contributed by atoms with Gasteiger partial charge in [-0.2, -0.15) is 0 Å². The van der Waals surface area contributed by atoms with Crippen LogP contribution in [0.2, 0.25) is 0 Å². The number of Topliss-reactive ketones (excluding diaryl/α,β-unsaturated/α-hetero) is 1. The van der Waals surface area contributed by atoms with Gasteiger partial charge in [0.15, 0.2) is 0 Å². The van der Waals surface area contributed by atoms with Gasteiger partial charge in [0.05, 0.1) is 18.5 Å². The van der Waals surface area contributed by atoms with Gasteiger partial charge in [-0.15, -0.1) is 0 Å². The first kappa shape index (κ1) is 15.2. The number of ether oxygens (including phenoxy) is 1. The molecule has 0 saturated heterocycles. The Kier molecular flexibility index (Phi) is 5.04. The van der Waals surface area contributed by atoms with Gasteiger partial charge in [-0.1, -0.05) is 12.1 Å². The molecule has 110 valence electrons. The summed E-state index contributed by atoms with van der Waals surface area (Å²) in [7, 11) is 0. The lowest BCUT2D eigenvalue weighted by Gasteiger charge is -2.04. The first-order valence-electron chi connectivity index (χ1n) is 7.12. The minimum Gasteiger partial charge on any atom is -0.466 e. The molecule has 4 nitrogen and oxygen atoms in total. The molecular formula is C17H19NO3. The van der Waals surface area contributed by atoms with Crippen LogP contribution < -0.4 is 0 Å². The summed E-state index contributed by atoms with van der Waals surface area (Å²) < 4.78 is 4.81. The van der Waals surface area contributed by atoms with Crippen molar-refractivity contribution in [2.24, 2.45) is 0 Å². The number of aromatic nitrogens is 1. The number of hydrogen-bond acceptors (Lipinski definition) is 4. The van der Waals surface area contributed by atoms with E-state index in [1.54, 1.807) is 6.92 Å². The summed E-state index contributed by atoms with van der Waals surface area (Å²) in [5.74, 6) is -0.272. The fourth-order valence-electron chi connectivity index (χ4n) is 2.18. The van der Waals surface area contributed by atoms with Crippen LogP contribution in [0.4, 0.5) is 0 Å². The summed E-state index contributed by atoms with van der Waals surface area (Å²) >= 11 is 0. The highest BCUT2D eigenvalue weighted by molar-refractivity contribution is 5.86. The van der Waals surface area contributed by atoms with E-state index in [1.165, 1.54) is 0 Å². The number of benzene rings is 1. The Bertz CT molecular complexity index is 664. The second kappa shape index (κ2) is 6.97. The molecular weight excluding hydrogens is 266 g/mol. The number of aryl methyl sites for hydroxylation is 1. The van der Waals surface area contributed by atoms with Gasteiger partial charge in [0.1, 0.15) is 5.78 Å². The van der Waals surface area contributed by atoms with Crippen LogP contribution in [0.25, 0.3) is 10.9 Å². The molecule has 21 heavy (non-hydrogen) atoms. The average Bonchev–Trinajstić information content (AvgIpc) is 2.46. The van der Waals surface area contributed by atoms with Crippen LogP contribution in [-0.4, -0.2) is 23.3 Å². The largest absolute Gasteiger partial charge is 0.466 e. The van der Waals surface area contributed by atoms with Crippen molar-refractivity contribution in [1.82, 2.24) is 4.98 Å². The van der Waals surface area contributed by atoms with Crippen LogP contribution in [0.5, 0.6) is 0 Å². The summed E-state index contributed by atoms with van der Waals surface area (Å²) in [6, 6.07) is 9.77. The first-order valence-corrected chi connectivity index (χ1v) is 7.12. The topological polar surface area (TPSA) is 56.3 Å². The number of nitrogens with zero attached hydrogens (tertiary/aromatic N) is 1. The number of carbonyl (C=O) groups is 2. The van der Waals surface area contributed by atoms with E-state index in [0.717, 1.165) is 22.2 Å². The lowest BCUT2D eigenvalue weighted by molar-refractivity contribution is -0.144.